The first-order chi connectivity index (χ1) is 15.0. The van der Waals surface area contributed by atoms with E-state index in [9.17, 15) is 10.1 Å². The molecule has 0 fully saturated rings. The number of benzene rings is 2. The Morgan fingerprint density at radius 3 is 2.58 bits per heavy atom. The summed E-state index contributed by atoms with van der Waals surface area (Å²) in [6.45, 7) is 3.98. The van der Waals surface area contributed by atoms with E-state index in [-0.39, 0.29) is 18.5 Å². The number of nitro benzene ring substituents is 1. The van der Waals surface area contributed by atoms with Crippen molar-refractivity contribution >= 4 is 23.2 Å². The summed E-state index contributed by atoms with van der Waals surface area (Å²) in [7, 11) is 1.61. The molecule has 0 bridgehead atoms. The van der Waals surface area contributed by atoms with Crippen molar-refractivity contribution in [3.63, 3.8) is 0 Å². The first-order valence-electron chi connectivity index (χ1n) is 9.47. The van der Waals surface area contributed by atoms with E-state index in [2.05, 4.69) is 10.1 Å². The number of rotatable bonds is 6. The summed E-state index contributed by atoms with van der Waals surface area (Å²) in [5.41, 5.74) is 1.92. The largest absolute Gasteiger partial charge is 0.497 e. The summed E-state index contributed by atoms with van der Waals surface area (Å²) in [5.74, 6) is 1.54. The Hall–Kier alpha value is -3.66. The molecular formula is C21H20N4O5S. The maximum absolute atomic E-state index is 11.6. The smallest absolute Gasteiger partial charge is 0.282 e. The monoisotopic (exact) mass is 440 g/mol. The van der Waals surface area contributed by atoms with Gasteiger partial charge >= 0.3 is 0 Å². The van der Waals surface area contributed by atoms with E-state index >= 15 is 0 Å². The molecule has 0 spiro atoms. The van der Waals surface area contributed by atoms with Crippen LogP contribution in [0.2, 0.25) is 0 Å². The topological polar surface area (TPSA) is 100 Å². The number of fused-ring (bicyclic) bond motifs is 1. The van der Waals surface area contributed by atoms with Crippen LogP contribution in [0.1, 0.15) is 19.4 Å². The molecular weight excluding hydrogens is 420 g/mol. The van der Waals surface area contributed by atoms with Crippen LogP contribution in [0.5, 0.6) is 17.2 Å². The summed E-state index contributed by atoms with van der Waals surface area (Å²) in [6, 6.07) is 10.6. The Morgan fingerprint density at radius 1 is 1.23 bits per heavy atom. The highest BCUT2D eigenvalue weighted by atomic mass is 32.1. The molecule has 31 heavy (non-hydrogen) atoms. The van der Waals surface area contributed by atoms with Gasteiger partial charge in [0.25, 0.3) is 5.69 Å². The van der Waals surface area contributed by atoms with Crippen LogP contribution < -0.4 is 19.0 Å². The van der Waals surface area contributed by atoms with Crippen LogP contribution in [0.4, 0.5) is 5.69 Å². The van der Waals surface area contributed by atoms with E-state index in [1.165, 1.54) is 23.6 Å². The molecule has 10 heteroatoms. The number of ether oxygens (including phenoxy) is 3. The van der Waals surface area contributed by atoms with Crippen molar-refractivity contribution in [2.75, 3.05) is 13.9 Å². The van der Waals surface area contributed by atoms with Crippen molar-refractivity contribution in [3.8, 4) is 28.5 Å². The van der Waals surface area contributed by atoms with Gasteiger partial charge in [-0.25, -0.2) is 4.68 Å². The second kappa shape index (κ2) is 8.60. The molecule has 1 aliphatic heterocycles. The van der Waals surface area contributed by atoms with Gasteiger partial charge in [-0.3, -0.25) is 15.1 Å². The Bertz CT molecular complexity index is 1210. The van der Waals surface area contributed by atoms with Gasteiger partial charge in [-0.1, -0.05) is 0 Å². The molecule has 1 aliphatic rings. The second-order valence-electron chi connectivity index (χ2n) is 6.93. The van der Waals surface area contributed by atoms with Crippen LogP contribution in [0, 0.1) is 10.1 Å². The standard InChI is InChI=1S/C21H20N4O5S/c1-13(2)23-21-24(18(11-31-21)14-4-6-16(28-3)7-5-14)22-10-15-8-19-20(30-12-29-19)9-17(15)25(26)27/h4-11,13H,12H2,1-3H3. The van der Waals surface area contributed by atoms with Gasteiger partial charge in [0.15, 0.2) is 11.5 Å². The molecule has 0 aliphatic carbocycles. The summed E-state index contributed by atoms with van der Waals surface area (Å²) < 4.78 is 17.5. The van der Waals surface area contributed by atoms with Crippen LogP contribution in [-0.2, 0) is 0 Å². The van der Waals surface area contributed by atoms with Gasteiger partial charge in [-0.15, -0.1) is 11.3 Å². The van der Waals surface area contributed by atoms with Crippen molar-refractivity contribution in [3.05, 3.63) is 62.3 Å². The van der Waals surface area contributed by atoms with Crippen molar-refractivity contribution in [1.82, 2.24) is 4.68 Å². The fourth-order valence-electron chi connectivity index (χ4n) is 3.01. The van der Waals surface area contributed by atoms with Gasteiger partial charge < -0.3 is 14.2 Å². The second-order valence-corrected chi connectivity index (χ2v) is 7.77. The van der Waals surface area contributed by atoms with E-state index in [4.69, 9.17) is 14.2 Å². The third-order valence-electron chi connectivity index (χ3n) is 4.47. The third kappa shape index (κ3) is 4.29. The molecule has 1 aromatic heterocycles. The van der Waals surface area contributed by atoms with Gasteiger partial charge in [-0.2, -0.15) is 5.10 Å². The number of nitrogens with zero attached hydrogens (tertiary/aromatic N) is 4. The van der Waals surface area contributed by atoms with Crippen LogP contribution in [0.3, 0.4) is 0 Å². The lowest BCUT2D eigenvalue weighted by molar-refractivity contribution is -0.385. The number of hydrogen-bond acceptors (Lipinski definition) is 8. The molecule has 0 saturated carbocycles. The Morgan fingerprint density at radius 2 is 1.94 bits per heavy atom. The molecule has 0 radical (unpaired) electrons. The van der Waals surface area contributed by atoms with Crippen LogP contribution >= 0.6 is 11.3 Å². The lowest BCUT2D eigenvalue weighted by atomic mass is 10.1. The van der Waals surface area contributed by atoms with E-state index in [0.29, 0.717) is 21.9 Å². The van der Waals surface area contributed by atoms with Crippen molar-refractivity contribution in [2.24, 2.45) is 10.1 Å². The average Bonchev–Trinajstić information content (AvgIpc) is 3.37. The van der Waals surface area contributed by atoms with E-state index in [0.717, 1.165) is 17.0 Å². The summed E-state index contributed by atoms with van der Waals surface area (Å²) >= 11 is 1.45. The number of nitro groups is 1. The molecule has 4 rings (SSSR count). The van der Waals surface area contributed by atoms with Gasteiger partial charge in [0, 0.05) is 17.0 Å². The highest BCUT2D eigenvalue weighted by molar-refractivity contribution is 7.07. The zero-order valence-corrected chi connectivity index (χ0v) is 18.0. The molecule has 160 valence electrons. The molecule has 0 saturated heterocycles. The van der Waals surface area contributed by atoms with Crippen molar-refractivity contribution < 1.29 is 19.1 Å². The Labute approximate surface area is 182 Å². The first kappa shape index (κ1) is 20.6. The lowest BCUT2D eigenvalue weighted by Crippen LogP contribution is -2.14. The van der Waals surface area contributed by atoms with Crippen LogP contribution in [0.15, 0.2) is 51.9 Å². The fraction of sp³-hybridized carbons (Fsp3) is 0.238. The summed E-state index contributed by atoms with van der Waals surface area (Å²) in [4.78, 5) is 16.4. The number of thiazole rings is 1. The zero-order chi connectivity index (χ0) is 22.0. The maximum Gasteiger partial charge on any atom is 0.282 e. The highest BCUT2D eigenvalue weighted by Gasteiger charge is 2.22. The normalized spacial score (nSPS) is 13.4. The van der Waals surface area contributed by atoms with Crippen LogP contribution in [-0.4, -0.2) is 35.8 Å². The van der Waals surface area contributed by atoms with Crippen molar-refractivity contribution in [2.45, 2.75) is 19.9 Å². The molecule has 2 aromatic carbocycles. The lowest BCUT2D eigenvalue weighted by Gasteiger charge is -2.06. The minimum Gasteiger partial charge on any atom is -0.497 e. The Kier molecular flexibility index (Phi) is 5.72. The number of hydrogen-bond donors (Lipinski definition) is 0. The minimum atomic E-state index is -0.467. The fourth-order valence-corrected chi connectivity index (χ4v) is 3.98. The zero-order valence-electron chi connectivity index (χ0n) is 17.1. The highest BCUT2D eigenvalue weighted by Crippen LogP contribution is 2.37. The SMILES string of the molecule is COc1ccc(-c2csc(=NC(C)C)n2N=Cc2cc3c(cc2[N+](=O)[O-])OCO3)cc1. The molecule has 0 atom stereocenters. The molecule has 0 amide bonds. The first-order valence-corrected chi connectivity index (χ1v) is 10.4. The average molecular weight is 440 g/mol. The number of aromatic nitrogens is 1. The van der Waals surface area contributed by atoms with Crippen molar-refractivity contribution in [1.29, 1.82) is 0 Å². The predicted molar refractivity (Wildman–Crippen MR) is 117 cm³/mol. The summed E-state index contributed by atoms with van der Waals surface area (Å²) in [5, 5.41) is 18.1. The summed E-state index contributed by atoms with van der Waals surface area (Å²) in [6.07, 6.45) is 1.44. The van der Waals surface area contributed by atoms with Crippen LogP contribution in [0.25, 0.3) is 11.3 Å². The van der Waals surface area contributed by atoms with Gasteiger partial charge in [0.05, 0.1) is 35.6 Å². The molecule has 9 nitrogen and oxygen atoms in total. The minimum absolute atomic E-state index is 0.0331. The molecule has 0 N–H and O–H groups in total. The van der Waals surface area contributed by atoms with Gasteiger partial charge in [0.2, 0.25) is 11.6 Å². The molecule has 0 unspecified atom stereocenters. The molecule has 2 heterocycles. The van der Waals surface area contributed by atoms with Gasteiger partial charge in [-0.05, 0) is 44.2 Å². The number of methoxy groups -OCH3 is 1. The van der Waals surface area contributed by atoms with E-state index in [1.807, 2.05) is 43.5 Å². The van der Waals surface area contributed by atoms with Gasteiger partial charge in [0.1, 0.15) is 5.75 Å². The van der Waals surface area contributed by atoms with E-state index in [1.54, 1.807) is 17.9 Å². The quantitative estimate of drug-likeness (QED) is 0.327. The third-order valence-corrected chi connectivity index (χ3v) is 5.30. The predicted octanol–water partition coefficient (Wildman–Crippen LogP) is 4.05. The van der Waals surface area contributed by atoms with E-state index < -0.39 is 4.92 Å². The Balaban J connectivity index is 1.81. The molecule has 3 aromatic rings. The maximum atomic E-state index is 11.6.